The predicted molar refractivity (Wildman–Crippen MR) is 126 cm³/mol. The van der Waals surface area contributed by atoms with Gasteiger partial charge in [0.1, 0.15) is 0 Å². The zero-order valence-corrected chi connectivity index (χ0v) is 19.1. The Morgan fingerprint density at radius 2 is 1.43 bits per heavy atom. The Morgan fingerprint density at radius 1 is 0.800 bits per heavy atom. The lowest BCUT2D eigenvalue weighted by Gasteiger charge is -2.28. The van der Waals surface area contributed by atoms with Crippen LogP contribution in [0.4, 0.5) is 0 Å². The molecule has 1 aromatic carbocycles. The zero-order valence-electron chi connectivity index (χ0n) is 19.1. The maximum atomic E-state index is 5.71. The molecule has 30 heavy (non-hydrogen) atoms. The van der Waals surface area contributed by atoms with Crippen LogP contribution in [0.2, 0.25) is 0 Å². The molecule has 0 unspecified atom stereocenters. The number of aryl methyl sites for hydroxylation is 1. The molecular weight excluding hydrogens is 368 g/mol. The van der Waals surface area contributed by atoms with Crippen LogP contribution in [0.1, 0.15) is 90.0 Å². The smallest absolute Gasteiger partial charge is 0.159 e. The molecule has 0 N–H and O–H groups in total. The van der Waals surface area contributed by atoms with Crippen LogP contribution in [0.3, 0.4) is 0 Å². The van der Waals surface area contributed by atoms with Gasteiger partial charge in [-0.05, 0) is 36.7 Å². The molecule has 164 valence electrons. The largest absolute Gasteiger partial charge is 0.490 e. The fourth-order valence-corrected chi connectivity index (χ4v) is 4.57. The summed E-state index contributed by atoms with van der Waals surface area (Å²) in [5, 5.41) is 0. The molecule has 0 aliphatic heterocycles. The standard InChI is InChI=1S/C27H40N2O/c1-3-5-7-19-30-26-20-28-27(29-21-26)25-17-15-24(16-18-25)14-13-23-11-9-22(10-12-23)8-6-4-2/h15-18,20-23H,3-14,19H2,1-2H3. The van der Waals surface area contributed by atoms with E-state index in [0.717, 1.165) is 42.0 Å². The van der Waals surface area contributed by atoms with Crippen molar-refractivity contribution in [3.8, 4) is 17.1 Å². The van der Waals surface area contributed by atoms with Crippen LogP contribution in [0.5, 0.6) is 5.75 Å². The first kappa shape index (κ1) is 22.8. The molecule has 1 saturated carbocycles. The van der Waals surface area contributed by atoms with Crippen molar-refractivity contribution in [2.75, 3.05) is 6.61 Å². The molecule has 0 bridgehead atoms. The number of hydrogen-bond donors (Lipinski definition) is 0. The summed E-state index contributed by atoms with van der Waals surface area (Å²) in [5.74, 6) is 3.47. The second kappa shape index (κ2) is 12.7. The lowest BCUT2D eigenvalue weighted by atomic mass is 9.78. The van der Waals surface area contributed by atoms with E-state index in [4.69, 9.17) is 4.74 Å². The van der Waals surface area contributed by atoms with Crippen molar-refractivity contribution in [3.05, 3.63) is 42.2 Å². The number of nitrogens with zero attached hydrogens (tertiary/aromatic N) is 2. The Labute approximate surface area is 183 Å². The van der Waals surface area contributed by atoms with Gasteiger partial charge in [-0.3, -0.25) is 0 Å². The number of hydrogen-bond acceptors (Lipinski definition) is 3. The van der Waals surface area contributed by atoms with Crippen molar-refractivity contribution in [1.82, 2.24) is 9.97 Å². The molecule has 3 nitrogen and oxygen atoms in total. The molecule has 3 heteroatoms. The second-order valence-electron chi connectivity index (χ2n) is 9.06. The molecule has 0 radical (unpaired) electrons. The second-order valence-corrected chi connectivity index (χ2v) is 9.06. The first-order valence-corrected chi connectivity index (χ1v) is 12.3. The lowest BCUT2D eigenvalue weighted by Crippen LogP contribution is -2.15. The monoisotopic (exact) mass is 408 g/mol. The average Bonchev–Trinajstić information content (AvgIpc) is 2.81. The van der Waals surface area contributed by atoms with E-state index in [2.05, 4.69) is 48.1 Å². The van der Waals surface area contributed by atoms with Crippen LogP contribution in [-0.4, -0.2) is 16.6 Å². The van der Waals surface area contributed by atoms with Gasteiger partial charge < -0.3 is 4.74 Å². The van der Waals surface area contributed by atoms with E-state index in [0.29, 0.717) is 0 Å². The molecule has 1 heterocycles. The molecular formula is C27H40N2O. The molecule has 1 aliphatic rings. The van der Waals surface area contributed by atoms with E-state index in [1.165, 1.54) is 76.2 Å². The van der Waals surface area contributed by atoms with E-state index in [1.54, 1.807) is 12.4 Å². The average molecular weight is 409 g/mol. The zero-order chi connectivity index (χ0) is 21.0. The number of unbranched alkanes of at least 4 members (excludes halogenated alkanes) is 3. The topological polar surface area (TPSA) is 35.0 Å². The first-order valence-electron chi connectivity index (χ1n) is 12.3. The van der Waals surface area contributed by atoms with Crippen LogP contribution in [0, 0.1) is 11.8 Å². The summed E-state index contributed by atoms with van der Waals surface area (Å²) in [6.45, 7) is 5.25. The van der Waals surface area contributed by atoms with E-state index in [-0.39, 0.29) is 0 Å². The van der Waals surface area contributed by atoms with Gasteiger partial charge in [0.15, 0.2) is 11.6 Å². The summed E-state index contributed by atoms with van der Waals surface area (Å²) in [7, 11) is 0. The number of ether oxygens (including phenoxy) is 1. The maximum absolute atomic E-state index is 5.71. The molecule has 0 spiro atoms. The Hall–Kier alpha value is -1.90. The van der Waals surface area contributed by atoms with Crippen LogP contribution in [-0.2, 0) is 6.42 Å². The maximum Gasteiger partial charge on any atom is 0.159 e. The Morgan fingerprint density at radius 3 is 2.07 bits per heavy atom. The Bertz CT molecular complexity index is 703. The summed E-state index contributed by atoms with van der Waals surface area (Å²) in [6, 6.07) is 8.82. The van der Waals surface area contributed by atoms with Gasteiger partial charge in [0.05, 0.1) is 19.0 Å². The van der Waals surface area contributed by atoms with Gasteiger partial charge in [0.25, 0.3) is 0 Å². The van der Waals surface area contributed by atoms with Crippen molar-refractivity contribution < 1.29 is 4.74 Å². The van der Waals surface area contributed by atoms with E-state index < -0.39 is 0 Å². The number of aromatic nitrogens is 2. The summed E-state index contributed by atoms with van der Waals surface area (Å²) in [4.78, 5) is 8.98. The van der Waals surface area contributed by atoms with Crippen molar-refractivity contribution >= 4 is 0 Å². The van der Waals surface area contributed by atoms with Gasteiger partial charge in [-0.1, -0.05) is 95.9 Å². The van der Waals surface area contributed by atoms with Gasteiger partial charge in [0.2, 0.25) is 0 Å². The van der Waals surface area contributed by atoms with Crippen LogP contribution < -0.4 is 4.74 Å². The molecule has 0 saturated heterocycles. The van der Waals surface area contributed by atoms with Gasteiger partial charge in [-0.25, -0.2) is 9.97 Å². The third-order valence-corrected chi connectivity index (χ3v) is 6.63. The summed E-state index contributed by atoms with van der Waals surface area (Å²) >= 11 is 0. The SMILES string of the molecule is CCCCCOc1cnc(-c2ccc(CCC3CCC(CCCC)CC3)cc2)nc1. The third kappa shape index (κ3) is 7.41. The van der Waals surface area contributed by atoms with Gasteiger partial charge >= 0.3 is 0 Å². The minimum atomic E-state index is 0.742. The highest BCUT2D eigenvalue weighted by Gasteiger charge is 2.20. The quantitative estimate of drug-likeness (QED) is 0.338. The molecule has 1 aliphatic carbocycles. The summed E-state index contributed by atoms with van der Waals surface area (Å²) < 4.78 is 5.71. The summed E-state index contributed by atoms with van der Waals surface area (Å²) in [5.41, 5.74) is 2.51. The molecule has 3 rings (SSSR count). The van der Waals surface area contributed by atoms with Crippen molar-refractivity contribution in [2.45, 2.75) is 90.9 Å². The normalized spacial score (nSPS) is 19.0. The van der Waals surface area contributed by atoms with Gasteiger partial charge in [0, 0.05) is 5.56 Å². The Kier molecular flexibility index (Phi) is 9.66. The molecule has 0 atom stereocenters. The minimum Gasteiger partial charge on any atom is -0.490 e. The Balaban J connectivity index is 1.41. The molecule has 0 amide bonds. The predicted octanol–water partition coefficient (Wildman–Crippen LogP) is 7.64. The fourth-order valence-electron chi connectivity index (χ4n) is 4.57. The highest BCUT2D eigenvalue weighted by molar-refractivity contribution is 5.55. The first-order chi connectivity index (χ1) is 14.8. The van der Waals surface area contributed by atoms with E-state index >= 15 is 0 Å². The lowest BCUT2D eigenvalue weighted by molar-refractivity contribution is 0.250. The van der Waals surface area contributed by atoms with Gasteiger partial charge in [-0.2, -0.15) is 0 Å². The highest BCUT2D eigenvalue weighted by atomic mass is 16.5. The number of rotatable bonds is 12. The molecule has 1 fully saturated rings. The van der Waals surface area contributed by atoms with Crippen LogP contribution in [0.15, 0.2) is 36.7 Å². The van der Waals surface area contributed by atoms with Crippen molar-refractivity contribution in [2.24, 2.45) is 11.8 Å². The van der Waals surface area contributed by atoms with Crippen molar-refractivity contribution in [3.63, 3.8) is 0 Å². The van der Waals surface area contributed by atoms with E-state index in [9.17, 15) is 0 Å². The van der Waals surface area contributed by atoms with Crippen molar-refractivity contribution in [1.29, 1.82) is 0 Å². The number of benzene rings is 1. The van der Waals surface area contributed by atoms with E-state index in [1.807, 2.05) is 0 Å². The molecule has 2 aromatic rings. The summed E-state index contributed by atoms with van der Waals surface area (Å²) in [6.07, 6.45) is 19.6. The highest BCUT2D eigenvalue weighted by Crippen LogP contribution is 2.34. The molecule has 1 aromatic heterocycles. The van der Waals surface area contributed by atoms with Crippen LogP contribution in [0.25, 0.3) is 11.4 Å². The third-order valence-electron chi connectivity index (χ3n) is 6.63. The van der Waals surface area contributed by atoms with Gasteiger partial charge in [-0.15, -0.1) is 0 Å². The minimum absolute atomic E-state index is 0.742. The fraction of sp³-hybridized carbons (Fsp3) is 0.630. The van der Waals surface area contributed by atoms with Crippen LogP contribution >= 0.6 is 0 Å².